The first-order valence-electron chi connectivity index (χ1n) is 7.65. The Balaban J connectivity index is 2.27. The molecule has 1 fully saturated rings. The van der Waals surface area contributed by atoms with Gasteiger partial charge in [0, 0.05) is 26.3 Å². The van der Waals surface area contributed by atoms with Gasteiger partial charge in [0.1, 0.15) is 11.1 Å². The standard InChI is InChI=1S/C16H23N3O2S/c1-4-5-8-13-16(21)18(2)10-11-19(13)15(20)12-7-6-9-17-14(12)22-3/h6-7,9,13H,4-5,8,10-11H2,1-3H3/t13-/m1/s1. The zero-order valence-electron chi connectivity index (χ0n) is 13.4. The van der Waals surface area contributed by atoms with Crippen LogP contribution in [0.2, 0.25) is 0 Å². The Bertz CT molecular complexity index is 550. The third-order valence-electron chi connectivity index (χ3n) is 4.00. The summed E-state index contributed by atoms with van der Waals surface area (Å²) in [7, 11) is 1.81. The second-order valence-electron chi connectivity index (χ2n) is 5.48. The van der Waals surface area contributed by atoms with E-state index >= 15 is 0 Å². The minimum absolute atomic E-state index is 0.0441. The van der Waals surface area contributed by atoms with Gasteiger partial charge in [-0.3, -0.25) is 9.59 Å². The minimum atomic E-state index is -0.346. The van der Waals surface area contributed by atoms with Crippen molar-refractivity contribution in [3.63, 3.8) is 0 Å². The fourth-order valence-electron chi connectivity index (χ4n) is 2.70. The first-order valence-corrected chi connectivity index (χ1v) is 8.87. The summed E-state index contributed by atoms with van der Waals surface area (Å²) in [5.41, 5.74) is 0.592. The molecule has 1 atom stereocenters. The highest BCUT2D eigenvalue weighted by Gasteiger charge is 2.36. The number of amides is 2. The Morgan fingerprint density at radius 1 is 1.45 bits per heavy atom. The van der Waals surface area contributed by atoms with Gasteiger partial charge >= 0.3 is 0 Å². The number of hydrogen-bond acceptors (Lipinski definition) is 4. The number of aromatic nitrogens is 1. The molecule has 1 aliphatic rings. The van der Waals surface area contributed by atoms with Gasteiger partial charge in [0.2, 0.25) is 5.91 Å². The normalized spacial score (nSPS) is 18.7. The third kappa shape index (κ3) is 3.43. The van der Waals surface area contributed by atoms with Crippen LogP contribution in [-0.4, -0.2) is 59.0 Å². The highest BCUT2D eigenvalue weighted by molar-refractivity contribution is 7.98. The van der Waals surface area contributed by atoms with Crippen molar-refractivity contribution in [3.05, 3.63) is 23.9 Å². The van der Waals surface area contributed by atoms with Crippen LogP contribution < -0.4 is 0 Å². The molecule has 0 radical (unpaired) electrons. The highest BCUT2D eigenvalue weighted by Crippen LogP contribution is 2.23. The molecule has 5 nitrogen and oxygen atoms in total. The van der Waals surface area contributed by atoms with Crippen LogP contribution in [0.4, 0.5) is 0 Å². The van der Waals surface area contributed by atoms with E-state index in [1.54, 1.807) is 35.2 Å². The van der Waals surface area contributed by atoms with Crippen molar-refractivity contribution in [2.24, 2.45) is 0 Å². The van der Waals surface area contributed by atoms with E-state index < -0.39 is 0 Å². The molecule has 2 amide bonds. The molecular formula is C16H23N3O2S. The molecule has 0 aliphatic carbocycles. The number of unbranched alkanes of at least 4 members (excludes halogenated alkanes) is 1. The molecule has 0 unspecified atom stereocenters. The number of nitrogens with zero attached hydrogens (tertiary/aromatic N) is 3. The van der Waals surface area contributed by atoms with Crippen LogP contribution in [0.1, 0.15) is 36.5 Å². The van der Waals surface area contributed by atoms with E-state index in [0.29, 0.717) is 23.7 Å². The molecule has 1 aromatic rings. The van der Waals surface area contributed by atoms with Crippen molar-refractivity contribution >= 4 is 23.6 Å². The van der Waals surface area contributed by atoms with E-state index in [-0.39, 0.29) is 17.9 Å². The Morgan fingerprint density at radius 2 is 2.23 bits per heavy atom. The van der Waals surface area contributed by atoms with Crippen molar-refractivity contribution in [1.29, 1.82) is 0 Å². The van der Waals surface area contributed by atoms with Gasteiger partial charge < -0.3 is 9.80 Å². The summed E-state index contributed by atoms with van der Waals surface area (Å²) in [6.07, 6.45) is 6.27. The number of piperazine rings is 1. The van der Waals surface area contributed by atoms with Crippen LogP contribution in [0.3, 0.4) is 0 Å². The van der Waals surface area contributed by atoms with Crippen LogP contribution in [0.25, 0.3) is 0 Å². The summed E-state index contributed by atoms with van der Waals surface area (Å²) in [6.45, 7) is 3.26. The van der Waals surface area contributed by atoms with E-state index in [1.807, 2.05) is 6.26 Å². The van der Waals surface area contributed by atoms with Gasteiger partial charge in [0.15, 0.2) is 0 Å². The first kappa shape index (κ1) is 16.8. The number of thioether (sulfide) groups is 1. The van der Waals surface area contributed by atoms with Gasteiger partial charge in [0.05, 0.1) is 5.56 Å². The second kappa shape index (κ2) is 7.63. The lowest BCUT2D eigenvalue weighted by Crippen LogP contribution is -2.57. The van der Waals surface area contributed by atoms with Crippen LogP contribution >= 0.6 is 11.8 Å². The Morgan fingerprint density at radius 3 is 2.91 bits per heavy atom. The van der Waals surface area contributed by atoms with Crippen LogP contribution in [0.5, 0.6) is 0 Å². The molecular weight excluding hydrogens is 298 g/mol. The van der Waals surface area contributed by atoms with Crippen LogP contribution in [0, 0.1) is 0 Å². The summed E-state index contributed by atoms with van der Waals surface area (Å²) < 4.78 is 0. The van der Waals surface area contributed by atoms with Gasteiger partial charge in [-0.1, -0.05) is 19.8 Å². The fourth-order valence-corrected chi connectivity index (χ4v) is 3.24. The maximum atomic E-state index is 12.9. The zero-order valence-corrected chi connectivity index (χ0v) is 14.2. The fraction of sp³-hybridized carbons (Fsp3) is 0.562. The average Bonchev–Trinajstić information content (AvgIpc) is 2.55. The highest BCUT2D eigenvalue weighted by atomic mass is 32.2. The Kier molecular flexibility index (Phi) is 5.83. The van der Waals surface area contributed by atoms with E-state index in [0.717, 1.165) is 19.3 Å². The number of hydrogen-bond donors (Lipinski definition) is 0. The molecule has 2 heterocycles. The van der Waals surface area contributed by atoms with Crippen LogP contribution in [-0.2, 0) is 4.79 Å². The molecule has 2 rings (SSSR count). The second-order valence-corrected chi connectivity index (χ2v) is 6.27. The topological polar surface area (TPSA) is 53.5 Å². The quantitative estimate of drug-likeness (QED) is 0.781. The first-order chi connectivity index (χ1) is 10.6. The van der Waals surface area contributed by atoms with E-state index in [4.69, 9.17) is 0 Å². The predicted octanol–water partition coefficient (Wildman–Crippen LogP) is 2.28. The molecule has 22 heavy (non-hydrogen) atoms. The number of carbonyl (C=O) groups is 2. The lowest BCUT2D eigenvalue weighted by atomic mass is 10.0. The molecule has 0 bridgehead atoms. The number of rotatable bonds is 5. The number of pyridine rings is 1. The van der Waals surface area contributed by atoms with Gasteiger partial charge in [-0.05, 0) is 24.8 Å². The third-order valence-corrected chi connectivity index (χ3v) is 4.71. The maximum Gasteiger partial charge on any atom is 0.257 e. The zero-order chi connectivity index (χ0) is 16.1. The number of likely N-dealkylation sites (N-methyl/N-ethyl adjacent to an activating group) is 1. The molecule has 0 spiro atoms. The largest absolute Gasteiger partial charge is 0.342 e. The molecule has 0 N–H and O–H groups in total. The monoisotopic (exact) mass is 321 g/mol. The van der Waals surface area contributed by atoms with Crippen molar-refractivity contribution in [3.8, 4) is 0 Å². The molecule has 6 heteroatoms. The van der Waals surface area contributed by atoms with Gasteiger partial charge in [-0.15, -0.1) is 11.8 Å². The van der Waals surface area contributed by atoms with E-state index in [9.17, 15) is 9.59 Å². The SMILES string of the molecule is CCCC[C@@H]1C(=O)N(C)CCN1C(=O)c1cccnc1SC. The minimum Gasteiger partial charge on any atom is -0.342 e. The molecule has 1 saturated heterocycles. The van der Waals surface area contributed by atoms with Crippen molar-refractivity contribution < 1.29 is 9.59 Å². The summed E-state index contributed by atoms with van der Waals surface area (Å²) in [5, 5.41) is 0.716. The molecule has 1 aromatic heterocycles. The predicted molar refractivity (Wildman–Crippen MR) is 88.0 cm³/mol. The van der Waals surface area contributed by atoms with Gasteiger partial charge in [-0.25, -0.2) is 4.98 Å². The molecule has 0 saturated carbocycles. The summed E-state index contributed by atoms with van der Waals surface area (Å²) >= 11 is 1.45. The van der Waals surface area contributed by atoms with E-state index in [2.05, 4.69) is 11.9 Å². The summed E-state index contributed by atoms with van der Waals surface area (Å²) in [4.78, 5) is 33.1. The molecule has 120 valence electrons. The summed E-state index contributed by atoms with van der Waals surface area (Å²) in [6, 6.07) is 3.22. The van der Waals surface area contributed by atoms with E-state index in [1.165, 1.54) is 11.8 Å². The van der Waals surface area contributed by atoms with Crippen molar-refractivity contribution in [2.75, 3.05) is 26.4 Å². The van der Waals surface area contributed by atoms with Crippen LogP contribution in [0.15, 0.2) is 23.4 Å². The maximum absolute atomic E-state index is 12.9. The van der Waals surface area contributed by atoms with Gasteiger partial charge in [-0.2, -0.15) is 0 Å². The van der Waals surface area contributed by atoms with Gasteiger partial charge in [0.25, 0.3) is 5.91 Å². The Hall–Kier alpha value is -1.56. The average molecular weight is 321 g/mol. The lowest BCUT2D eigenvalue weighted by Gasteiger charge is -2.39. The van der Waals surface area contributed by atoms with Crippen molar-refractivity contribution in [1.82, 2.24) is 14.8 Å². The van der Waals surface area contributed by atoms with Crippen molar-refractivity contribution in [2.45, 2.75) is 37.3 Å². The summed E-state index contributed by atoms with van der Waals surface area (Å²) in [5.74, 6) is -0.0392. The molecule has 1 aliphatic heterocycles. The number of carbonyl (C=O) groups excluding carboxylic acids is 2. The smallest absolute Gasteiger partial charge is 0.257 e. The Labute approximate surface area is 136 Å². The lowest BCUT2D eigenvalue weighted by molar-refractivity contribution is -0.138. The molecule has 0 aromatic carbocycles.